The Labute approximate surface area is 88.1 Å². The molecule has 2 aliphatic heterocycles. The van der Waals surface area contributed by atoms with Gasteiger partial charge in [-0.2, -0.15) is 0 Å². The van der Waals surface area contributed by atoms with Crippen molar-refractivity contribution in [1.29, 1.82) is 0 Å². The van der Waals surface area contributed by atoms with E-state index in [2.05, 4.69) is 31.1 Å². The summed E-state index contributed by atoms with van der Waals surface area (Å²) in [5, 5.41) is 3.64. The summed E-state index contributed by atoms with van der Waals surface area (Å²) in [4.78, 5) is 2.50. The van der Waals surface area contributed by atoms with Gasteiger partial charge >= 0.3 is 0 Å². The van der Waals surface area contributed by atoms with E-state index in [-0.39, 0.29) is 0 Å². The van der Waals surface area contributed by atoms with E-state index in [1.165, 1.54) is 38.9 Å². The second-order valence-electron chi connectivity index (χ2n) is 5.89. The van der Waals surface area contributed by atoms with Crippen LogP contribution in [0.3, 0.4) is 0 Å². The van der Waals surface area contributed by atoms with Crippen molar-refractivity contribution in [2.24, 2.45) is 11.8 Å². The predicted molar refractivity (Wildman–Crippen MR) is 60.4 cm³/mol. The summed E-state index contributed by atoms with van der Waals surface area (Å²) in [6, 6.07) is 0. The van der Waals surface area contributed by atoms with Crippen LogP contribution in [0.1, 0.15) is 33.1 Å². The number of piperidine rings is 1. The second-order valence-corrected chi connectivity index (χ2v) is 5.89. The largest absolute Gasteiger partial charge is 0.311 e. The molecule has 2 nitrogen and oxygen atoms in total. The van der Waals surface area contributed by atoms with E-state index >= 15 is 0 Å². The van der Waals surface area contributed by atoms with Crippen molar-refractivity contribution in [3.8, 4) is 0 Å². The normalized spacial score (nSPS) is 38.8. The second kappa shape index (κ2) is 3.82. The van der Waals surface area contributed by atoms with Gasteiger partial charge in [0.25, 0.3) is 0 Å². The quantitative estimate of drug-likeness (QED) is 0.687. The van der Waals surface area contributed by atoms with Crippen molar-refractivity contribution in [1.82, 2.24) is 10.2 Å². The first-order valence-electron chi connectivity index (χ1n) is 6.00. The number of nitrogens with zero attached hydrogens (tertiary/aromatic N) is 1. The van der Waals surface area contributed by atoms with Crippen LogP contribution in [0.5, 0.6) is 0 Å². The Morgan fingerprint density at radius 1 is 1.29 bits per heavy atom. The summed E-state index contributed by atoms with van der Waals surface area (Å²) in [6.07, 6.45) is 4.22. The molecule has 2 atom stereocenters. The molecule has 0 aromatic carbocycles. The minimum absolute atomic E-state index is 0.390. The zero-order valence-corrected chi connectivity index (χ0v) is 9.84. The zero-order valence-electron chi connectivity index (χ0n) is 9.84. The summed E-state index contributed by atoms with van der Waals surface area (Å²) in [6.45, 7) is 8.53. The molecule has 1 N–H and O–H groups in total. The molecule has 2 rings (SSSR count). The van der Waals surface area contributed by atoms with E-state index in [1.807, 2.05) is 0 Å². The highest BCUT2D eigenvalue weighted by atomic mass is 15.1. The molecule has 14 heavy (non-hydrogen) atoms. The summed E-state index contributed by atoms with van der Waals surface area (Å²) in [7, 11) is 2.26. The zero-order chi connectivity index (χ0) is 10.2. The number of hydrogen-bond donors (Lipinski definition) is 1. The number of likely N-dealkylation sites (tertiary alicyclic amines) is 1. The van der Waals surface area contributed by atoms with E-state index in [9.17, 15) is 0 Å². The number of nitrogens with one attached hydrogen (secondary N) is 1. The molecule has 0 amide bonds. The Morgan fingerprint density at radius 3 is 2.64 bits per heavy atom. The standard InChI is InChI=1S/C12H24N2/c1-12(2)7-11(8-13-12)10-5-4-6-14(3)9-10/h10-11,13H,4-9H2,1-3H3. The lowest BCUT2D eigenvalue weighted by molar-refractivity contribution is 0.163. The Hall–Kier alpha value is -0.0800. The van der Waals surface area contributed by atoms with Gasteiger partial charge in [0.15, 0.2) is 0 Å². The van der Waals surface area contributed by atoms with Crippen molar-refractivity contribution in [2.75, 3.05) is 26.7 Å². The molecule has 2 saturated heterocycles. The average molecular weight is 196 g/mol. The van der Waals surface area contributed by atoms with Crippen LogP contribution in [-0.2, 0) is 0 Å². The number of rotatable bonds is 1. The highest BCUT2D eigenvalue weighted by molar-refractivity contribution is 4.93. The maximum atomic E-state index is 3.64. The monoisotopic (exact) mass is 196 g/mol. The summed E-state index contributed by atoms with van der Waals surface area (Å²) in [5.74, 6) is 1.87. The summed E-state index contributed by atoms with van der Waals surface area (Å²) in [5.41, 5.74) is 0.390. The molecular formula is C12H24N2. The fraction of sp³-hybridized carbons (Fsp3) is 1.00. The molecule has 0 bridgehead atoms. The molecule has 2 unspecified atom stereocenters. The first-order chi connectivity index (χ1) is 6.57. The molecule has 0 aliphatic carbocycles. The van der Waals surface area contributed by atoms with Crippen molar-refractivity contribution >= 4 is 0 Å². The third kappa shape index (κ3) is 2.29. The minimum atomic E-state index is 0.390. The van der Waals surface area contributed by atoms with Crippen LogP contribution < -0.4 is 5.32 Å². The van der Waals surface area contributed by atoms with Crippen LogP contribution in [0.2, 0.25) is 0 Å². The lowest BCUT2D eigenvalue weighted by Gasteiger charge is -2.33. The Bertz CT molecular complexity index is 200. The highest BCUT2D eigenvalue weighted by Crippen LogP contribution is 2.33. The van der Waals surface area contributed by atoms with E-state index < -0.39 is 0 Å². The van der Waals surface area contributed by atoms with E-state index in [4.69, 9.17) is 0 Å². The molecule has 0 radical (unpaired) electrons. The lowest BCUT2D eigenvalue weighted by Crippen LogP contribution is -2.36. The summed E-state index contributed by atoms with van der Waals surface area (Å²) < 4.78 is 0. The Kier molecular flexibility index (Phi) is 2.85. The molecule has 2 heteroatoms. The molecule has 0 saturated carbocycles. The number of hydrogen-bond acceptors (Lipinski definition) is 2. The van der Waals surface area contributed by atoms with Gasteiger partial charge in [-0.3, -0.25) is 0 Å². The average Bonchev–Trinajstić information content (AvgIpc) is 2.46. The van der Waals surface area contributed by atoms with Gasteiger partial charge in [-0.15, -0.1) is 0 Å². The van der Waals surface area contributed by atoms with E-state index in [0.717, 1.165) is 11.8 Å². The van der Waals surface area contributed by atoms with Gasteiger partial charge in [0.2, 0.25) is 0 Å². The predicted octanol–water partition coefficient (Wildman–Crippen LogP) is 1.72. The molecule has 0 spiro atoms. The van der Waals surface area contributed by atoms with Gasteiger partial charge in [0, 0.05) is 12.1 Å². The van der Waals surface area contributed by atoms with Crippen molar-refractivity contribution in [3.63, 3.8) is 0 Å². The van der Waals surface area contributed by atoms with Crippen LogP contribution in [0.25, 0.3) is 0 Å². The van der Waals surface area contributed by atoms with Gasteiger partial charge in [0.1, 0.15) is 0 Å². The minimum Gasteiger partial charge on any atom is -0.311 e. The molecule has 2 fully saturated rings. The fourth-order valence-electron chi connectivity index (χ4n) is 3.13. The third-order valence-electron chi connectivity index (χ3n) is 3.94. The van der Waals surface area contributed by atoms with E-state index in [1.54, 1.807) is 0 Å². The SMILES string of the molecule is CN1CCCC(C2CNC(C)(C)C2)C1. The highest BCUT2D eigenvalue weighted by Gasteiger charge is 2.35. The van der Waals surface area contributed by atoms with Crippen molar-refractivity contribution < 1.29 is 0 Å². The molecule has 0 aromatic heterocycles. The van der Waals surface area contributed by atoms with Gasteiger partial charge in [-0.25, -0.2) is 0 Å². The molecule has 82 valence electrons. The van der Waals surface area contributed by atoms with E-state index in [0.29, 0.717) is 5.54 Å². The summed E-state index contributed by atoms with van der Waals surface area (Å²) >= 11 is 0. The van der Waals surface area contributed by atoms with Crippen LogP contribution >= 0.6 is 0 Å². The fourth-order valence-corrected chi connectivity index (χ4v) is 3.13. The molecule has 0 aromatic rings. The van der Waals surface area contributed by atoms with Crippen molar-refractivity contribution in [3.05, 3.63) is 0 Å². The van der Waals surface area contributed by atoms with Gasteiger partial charge in [-0.1, -0.05) is 0 Å². The van der Waals surface area contributed by atoms with Crippen LogP contribution in [0.15, 0.2) is 0 Å². The molecular weight excluding hydrogens is 172 g/mol. The lowest BCUT2D eigenvalue weighted by atomic mass is 9.82. The molecule has 2 aliphatic rings. The van der Waals surface area contributed by atoms with Gasteiger partial charge in [0.05, 0.1) is 0 Å². The van der Waals surface area contributed by atoms with Crippen molar-refractivity contribution in [2.45, 2.75) is 38.6 Å². The molecule has 2 heterocycles. The maximum absolute atomic E-state index is 3.64. The van der Waals surface area contributed by atoms with Crippen LogP contribution in [0.4, 0.5) is 0 Å². The first kappa shape index (κ1) is 10.4. The Morgan fingerprint density at radius 2 is 2.07 bits per heavy atom. The van der Waals surface area contributed by atoms with Crippen LogP contribution in [-0.4, -0.2) is 37.1 Å². The topological polar surface area (TPSA) is 15.3 Å². The Balaban J connectivity index is 1.89. The smallest absolute Gasteiger partial charge is 0.0128 e. The third-order valence-corrected chi connectivity index (χ3v) is 3.94. The first-order valence-corrected chi connectivity index (χ1v) is 6.00. The van der Waals surface area contributed by atoms with Crippen LogP contribution in [0, 0.1) is 11.8 Å². The maximum Gasteiger partial charge on any atom is 0.0128 e. The van der Waals surface area contributed by atoms with Gasteiger partial charge < -0.3 is 10.2 Å². The van der Waals surface area contributed by atoms with Gasteiger partial charge in [-0.05, 0) is 65.1 Å².